The van der Waals surface area contributed by atoms with E-state index in [1.807, 2.05) is 0 Å². The first-order chi connectivity index (χ1) is 10.8. The molecule has 0 heterocycles. The number of hydrogen-bond acceptors (Lipinski definition) is 2. The Morgan fingerprint density at radius 3 is 1.00 bits per heavy atom. The van der Waals surface area contributed by atoms with Crippen LogP contribution in [0, 0.1) is 0 Å². The van der Waals surface area contributed by atoms with E-state index in [9.17, 15) is 0 Å². The van der Waals surface area contributed by atoms with E-state index in [-0.39, 0.29) is 32.9 Å². The third-order valence-corrected chi connectivity index (χ3v) is 11.6. The van der Waals surface area contributed by atoms with Crippen molar-refractivity contribution in [3.05, 3.63) is 5.32 Å². The minimum absolute atomic E-state index is 0. The van der Waals surface area contributed by atoms with Gasteiger partial charge in [0.1, 0.15) is 0 Å². The molecule has 0 atom stereocenters. The molecule has 0 saturated carbocycles. The molecule has 0 spiro atoms. The smallest absolute Gasteiger partial charge is 0.656 e. The van der Waals surface area contributed by atoms with Crippen LogP contribution in [0.3, 0.4) is 0 Å². The van der Waals surface area contributed by atoms with Crippen LogP contribution >= 0.6 is 15.8 Å². The first-order valence-electron chi connectivity index (χ1n) is 8.58. The summed E-state index contributed by atoms with van der Waals surface area (Å²) in [6.07, 6.45) is 2.76. The van der Waals surface area contributed by atoms with E-state index in [0.717, 1.165) is 35.7 Å². The monoisotopic (exact) mass is 419 g/mol. The van der Waals surface area contributed by atoms with Gasteiger partial charge in [-0.15, -0.1) is 13.1 Å². The summed E-state index contributed by atoms with van der Waals surface area (Å²) < 4.78 is 0. The molecule has 0 aliphatic heterocycles. The Balaban J connectivity index is -0.000000369. The molecule has 0 N–H and O–H groups in total. The minimum atomic E-state index is -0.197. The van der Waals surface area contributed by atoms with Gasteiger partial charge in [-0.25, -0.2) is 0 Å². The van der Waals surface area contributed by atoms with Crippen LogP contribution in [0.15, 0.2) is 0 Å². The Morgan fingerprint density at radius 1 is 0.625 bits per heavy atom. The maximum atomic E-state index is 7.75. The molecule has 0 unspecified atom stereocenters. The van der Waals surface area contributed by atoms with E-state index in [1.54, 1.807) is 0 Å². The quantitative estimate of drug-likeness (QED) is 0.167. The van der Waals surface area contributed by atoms with Gasteiger partial charge in [-0.1, -0.05) is 0 Å². The molecule has 144 valence electrons. The Morgan fingerprint density at radius 2 is 0.833 bits per heavy atom. The van der Waals surface area contributed by atoms with Crippen molar-refractivity contribution in [1.29, 1.82) is 0 Å². The summed E-state index contributed by atoms with van der Waals surface area (Å²) in [5.41, 5.74) is 3.58. The van der Waals surface area contributed by atoms with E-state index >= 15 is 0 Å². The van der Waals surface area contributed by atoms with Crippen molar-refractivity contribution >= 4 is 29.4 Å². The molecule has 0 aromatic heterocycles. The maximum absolute atomic E-state index is 7.75. The van der Waals surface area contributed by atoms with Crippen molar-refractivity contribution in [2.75, 3.05) is 25.4 Å². The van der Waals surface area contributed by atoms with Crippen molar-refractivity contribution in [3.8, 4) is 0 Å². The minimum Gasteiger partial charge on any atom is -0.656 e. The van der Waals surface area contributed by atoms with Gasteiger partial charge in [0.2, 0.25) is 0 Å². The summed E-state index contributed by atoms with van der Waals surface area (Å²) in [4.78, 5) is 15.5. The van der Waals surface area contributed by atoms with Crippen molar-refractivity contribution in [2.45, 2.75) is 78.0 Å². The molecular formula is C18H40MnNO2P2+2. The van der Waals surface area contributed by atoms with E-state index in [4.69, 9.17) is 14.9 Å². The normalized spacial score (nSPS) is 10.6. The second kappa shape index (κ2) is 21.7. The van der Waals surface area contributed by atoms with Gasteiger partial charge in [-0.05, 0) is 55.4 Å². The van der Waals surface area contributed by atoms with Crippen molar-refractivity contribution < 1.29 is 26.7 Å². The van der Waals surface area contributed by atoms with Crippen LogP contribution in [-0.2, 0) is 26.7 Å². The maximum Gasteiger partial charge on any atom is 3.00 e. The second-order valence-electron chi connectivity index (χ2n) is 6.94. The van der Waals surface area contributed by atoms with Crippen LogP contribution in [0.25, 0.3) is 5.32 Å². The zero-order chi connectivity index (χ0) is 19.0. The molecule has 0 saturated heterocycles. The van der Waals surface area contributed by atoms with E-state index in [0.29, 0.717) is 0 Å². The summed E-state index contributed by atoms with van der Waals surface area (Å²) in [5, 5.41) is 4.83. The predicted molar refractivity (Wildman–Crippen MR) is 114 cm³/mol. The van der Waals surface area contributed by atoms with Crippen LogP contribution < -0.4 is 0 Å². The molecule has 3 nitrogen and oxygen atoms in total. The molecule has 0 aromatic rings. The molecule has 24 heavy (non-hydrogen) atoms. The van der Waals surface area contributed by atoms with Gasteiger partial charge in [0.15, 0.2) is 0 Å². The van der Waals surface area contributed by atoms with Gasteiger partial charge in [0, 0.05) is 28.2 Å². The summed E-state index contributed by atoms with van der Waals surface area (Å²) in [5.74, 6) is 0. The Kier molecular flexibility index (Phi) is 29.3. The third-order valence-electron chi connectivity index (χ3n) is 4.08. The van der Waals surface area contributed by atoms with Crippen LogP contribution in [0.1, 0.15) is 55.4 Å². The van der Waals surface area contributed by atoms with Crippen LogP contribution in [0.5, 0.6) is 0 Å². The first kappa shape index (κ1) is 32.4. The fourth-order valence-electron chi connectivity index (χ4n) is 3.02. The van der Waals surface area contributed by atoms with Crippen LogP contribution in [0.2, 0.25) is 0 Å². The van der Waals surface area contributed by atoms with Gasteiger partial charge in [-0.3, -0.25) is 13.6 Å². The van der Waals surface area contributed by atoms with Crippen LogP contribution in [-0.4, -0.2) is 61.6 Å². The SMILES string of the molecule is CC(C)[PH+](CC[N-]CC[PH+](C(C)C)C(C)C)C(C)C.[CH-]=O.[CH-]=O.[Mn+3]. The summed E-state index contributed by atoms with van der Waals surface area (Å²) in [6, 6.07) is 0. The molecule has 0 rings (SSSR count). The molecule has 0 fully saturated rings. The van der Waals surface area contributed by atoms with Crippen molar-refractivity contribution in [3.63, 3.8) is 0 Å². The Hall–Kier alpha value is 0.679. The van der Waals surface area contributed by atoms with Gasteiger partial charge < -0.3 is 14.9 Å². The van der Waals surface area contributed by atoms with E-state index < -0.39 is 0 Å². The number of carbonyl (C=O) groups excluding carboxylic acids is 2. The zero-order valence-electron chi connectivity index (χ0n) is 16.9. The zero-order valence-corrected chi connectivity index (χ0v) is 20.1. The number of rotatable bonds is 10. The van der Waals surface area contributed by atoms with E-state index in [2.05, 4.69) is 69.0 Å². The standard InChI is InChI=1S/C16H36NP2.2CHO.Mn/c1-13(2)18(14(3)4)11-9-17-10-12-19(15(5)6)16(7)8;2*1-2;/h13-16H,9-12H2,1-8H3;2*1H;/q3*-1;+3/p+2. The fourth-order valence-corrected chi connectivity index (χ4v) is 8.82. The molecular weight excluding hydrogens is 379 g/mol. The van der Waals surface area contributed by atoms with Gasteiger partial charge in [0.25, 0.3) is 0 Å². The van der Waals surface area contributed by atoms with Gasteiger partial charge >= 0.3 is 17.1 Å². The Bertz CT molecular complexity index is 215. The topological polar surface area (TPSA) is 48.2 Å². The summed E-state index contributed by atoms with van der Waals surface area (Å²) in [6.45, 7) is 27.9. The number of nitrogens with zero attached hydrogens (tertiary/aromatic N) is 1. The first-order valence-corrected chi connectivity index (χ1v) is 12.3. The molecule has 0 bridgehead atoms. The fraction of sp³-hybridized carbons (Fsp3) is 0.889. The average Bonchev–Trinajstić information content (AvgIpc) is 2.48. The second-order valence-corrected chi connectivity index (χ2v) is 14.9. The van der Waals surface area contributed by atoms with Gasteiger partial charge in [-0.2, -0.15) is 0 Å². The Labute approximate surface area is 164 Å². The largest absolute Gasteiger partial charge is 3.00 e. The molecule has 0 amide bonds. The predicted octanol–water partition coefficient (Wildman–Crippen LogP) is 4.87. The average molecular weight is 419 g/mol. The molecule has 0 radical (unpaired) electrons. The number of hydrogen-bond donors (Lipinski definition) is 0. The summed E-state index contributed by atoms with van der Waals surface area (Å²) >= 11 is 0. The molecule has 0 aromatic carbocycles. The van der Waals surface area contributed by atoms with Crippen molar-refractivity contribution in [1.82, 2.24) is 0 Å². The van der Waals surface area contributed by atoms with E-state index in [1.165, 1.54) is 12.3 Å². The van der Waals surface area contributed by atoms with Crippen molar-refractivity contribution in [2.24, 2.45) is 0 Å². The molecule has 0 aliphatic rings. The molecule has 0 aliphatic carbocycles. The molecule has 6 heteroatoms. The van der Waals surface area contributed by atoms with Crippen LogP contribution in [0.4, 0.5) is 0 Å². The summed E-state index contributed by atoms with van der Waals surface area (Å²) in [7, 11) is -0.394. The van der Waals surface area contributed by atoms with Gasteiger partial charge in [0.05, 0.1) is 22.6 Å². The third kappa shape index (κ3) is 17.5.